The molecule has 1 N–H and O–H groups in total. The van der Waals surface area contributed by atoms with Crippen molar-refractivity contribution in [2.24, 2.45) is 0 Å². The topological polar surface area (TPSA) is 81.2 Å². The summed E-state index contributed by atoms with van der Waals surface area (Å²) < 4.78 is 6.87. The predicted molar refractivity (Wildman–Crippen MR) is 75.3 cm³/mol. The van der Waals surface area contributed by atoms with E-state index in [-0.39, 0.29) is 13.2 Å². The first-order valence-electron chi connectivity index (χ1n) is 5.75. The van der Waals surface area contributed by atoms with Gasteiger partial charge in [-0.2, -0.15) is 0 Å². The molecule has 104 valence electrons. The Morgan fingerprint density at radius 2 is 1.85 bits per heavy atom. The second-order valence-electron chi connectivity index (χ2n) is 4.02. The van der Waals surface area contributed by atoms with Crippen LogP contribution in [0, 0.1) is 0 Å². The number of halogens is 1. The minimum Gasteiger partial charge on any atom is -0.459 e. The van der Waals surface area contributed by atoms with E-state index in [0.717, 1.165) is 26.9 Å². The summed E-state index contributed by atoms with van der Waals surface area (Å²) in [6, 6.07) is 9.50. The summed E-state index contributed by atoms with van der Waals surface area (Å²) in [5.41, 5.74) is -0.0917. The van der Waals surface area contributed by atoms with Crippen LogP contribution in [0.2, 0.25) is 0 Å². The van der Waals surface area contributed by atoms with Gasteiger partial charge < -0.3 is 4.74 Å². The molecule has 0 atom stereocenters. The highest BCUT2D eigenvalue weighted by molar-refractivity contribution is 9.10. The van der Waals surface area contributed by atoms with Crippen molar-refractivity contribution in [2.45, 2.75) is 13.2 Å². The molecule has 0 aliphatic heterocycles. The van der Waals surface area contributed by atoms with Crippen molar-refractivity contribution in [1.29, 1.82) is 0 Å². The van der Waals surface area contributed by atoms with E-state index in [1.165, 1.54) is 0 Å². The fourth-order valence-corrected chi connectivity index (χ4v) is 1.76. The minimum atomic E-state index is -0.600. The molecule has 1 aromatic heterocycles. The number of hydrogen-bond donors (Lipinski definition) is 1. The molecular weight excluding hydrogens is 328 g/mol. The van der Waals surface area contributed by atoms with Gasteiger partial charge in [0.2, 0.25) is 0 Å². The largest absolute Gasteiger partial charge is 0.459 e. The van der Waals surface area contributed by atoms with Gasteiger partial charge in [-0.15, -0.1) is 0 Å². The molecule has 0 spiro atoms. The first kappa shape index (κ1) is 14.3. The molecule has 6 nitrogen and oxygen atoms in total. The van der Waals surface area contributed by atoms with E-state index >= 15 is 0 Å². The highest BCUT2D eigenvalue weighted by atomic mass is 79.9. The number of hydrogen-bond acceptors (Lipinski definition) is 4. The maximum Gasteiger partial charge on any atom is 0.328 e. The maximum atomic E-state index is 11.6. The Kier molecular flexibility index (Phi) is 4.52. The van der Waals surface area contributed by atoms with Crippen LogP contribution in [-0.4, -0.2) is 15.7 Å². The number of nitrogens with one attached hydrogen (secondary N) is 1. The van der Waals surface area contributed by atoms with Gasteiger partial charge in [0.1, 0.15) is 13.2 Å². The van der Waals surface area contributed by atoms with E-state index in [9.17, 15) is 14.4 Å². The third-order valence-electron chi connectivity index (χ3n) is 2.49. The Bertz CT molecular complexity index is 718. The molecule has 1 heterocycles. The molecule has 1 aromatic carbocycles. The third-order valence-corrected chi connectivity index (χ3v) is 3.02. The molecule has 0 bridgehead atoms. The van der Waals surface area contributed by atoms with Crippen LogP contribution in [0.3, 0.4) is 0 Å². The average molecular weight is 339 g/mol. The van der Waals surface area contributed by atoms with Crippen molar-refractivity contribution in [3.05, 3.63) is 67.1 Å². The fraction of sp³-hybridized carbons (Fsp3) is 0.154. The summed E-state index contributed by atoms with van der Waals surface area (Å²) in [6.45, 7) is -0.219. The summed E-state index contributed by atoms with van der Waals surface area (Å²) in [4.78, 5) is 34.1. The number of carbonyl (C=O) groups excluding carboxylic acids is 1. The second kappa shape index (κ2) is 6.33. The van der Waals surface area contributed by atoms with Gasteiger partial charge >= 0.3 is 5.97 Å². The Hall–Kier alpha value is -2.15. The zero-order chi connectivity index (χ0) is 14.5. The molecule has 0 saturated carbocycles. The summed E-state index contributed by atoms with van der Waals surface area (Å²) in [5, 5.41) is 2.25. The Labute approximate surface area is 122 Å². The van der Waals surface area contributed by atoms with Crippen molar-refractivity contribution >= 4 is 21.9 Å². The number of esters is 1. The van der Waals surface area contributed by atoms with Crippen LogP contribution in [0.4, 0.5) is 0 Å². The van der Waals surface area contributed by atoms with Gasteiger partial charge in [0, 0.05) is 16.6 Å². The predicted octanol–water partition coefficient (Wildman–Crippen LogP) is 1.04. The number of aromatic nitrogens is 2. The van der Waals surface area contributed by atoms with E-state index in [4.69, 9.17) is 4.74 Å². The lowest BCUT2D eigenvalue weighted by molar-refractivity contribution is -0.146. The average Bonchev–Trinajstić information content (AvgIpc) is 2.42. The minimum absolute atomic E-state index is 0.109. The van der Waals surface area contributed by atoms with Gasteiger partial charge in [0.25, 0.3) is 11.1 Å². The number of carbonyl (C=O) groups is 1. The van der Waals surface area contributed by atoms with E-state index < -0.39 is 17.1 Å². The van der Waals surface area contributed by atoms with Crippen LogP contribution in [0.5, 0.6) is 0 Å². The molecule has 0 aliphatic rings. The smallest absolute Gasteiger partial charge is 0.328 e. The first-order chi connectivity index (χ1) is 9.54. The van der Waals surface area contributed by atoms with Gasteiger partial charge in [0.05, 0.1) is 0 Å². The molecule has 0 saturated heterocycles. The summed E-state index contributed by atoms with van der Waals surface area (Å²) in [5.74, 6) is -0.600. The SMILES string of the molecule is O=C(Cn1[nH]c(=O)ccc1=O)OCc1ccc(Br)cc1. The second-order valence-corrected chi connectivity index (χ2v) is 4.94. The van der Waals surface area contributed by atoms with Crippen molar-refractivity contribution in [1.82, 2.24) is 9.78 Å². The standard InChI is InChI=1S/C13H11BrN2O4/c14-10-3-1-9(2-4-10)8-20-13(19)7-16-12(18)6-5-11(17)15-16/h1-6H,7-8H2,(H,15,17). The normalized spacial score (nSPS) is 10.2. The molecule has 0 fully saturated rings. The number of H-pyrrole nitrogens is 1. The van der Waals surface area contributed by atoms with Gasteiger partial charge in [-0.05, 0) is 17.7 Å². The van der Waals surface area contributed by atoms with Gasteiger partial charge in [-0.3, -0.25) is 19.5 Å². The zero-order valence-electron chi connectivity index (χ0n) is 10.3. The molecule has 0 aliphatic carbocycles. The lowest BCUT2D eigenvalue weighted by Gasteiger charge is -2.06. The number of aromatic amines is 1. The number of benzene rings is 1. The molecule has 2 rings (SSSR count). The van der Waals surface area contributed by atoms with Gasteiger partial charge in [-0.1, -0.05) is 28.1 Å². The molecule has 7 heteroatoms. The van der Waals surface area contributed by atoms with Crippen LogP contribution in [-0.2, 0) is 22.7 Å². The first-order valence-corrected chi connectivity index (χ1v) is 6.54. The lowest BCUT2D eigenvalue weighted by Crippen LogP contribution is -2.31. The van der Waals surface area contributed by atoms with Crippen LogP contribution in [0.25, 0.3) is 0 Å². The quantitative estimate of drug-likeness (QED) is 0.844. The van der Waals surface area contributed by atoms with E-state index in [1.807, 2.05) is 24.3 Å². The maximum absolute atomic E-state index is 11.6. The van der Waals surface area contributed by atoms with Crippen LogP contribution >= 0.6 is 15.9 Å². The van der Waals surface area contributed by atoms with Crippen LogP contribution in [0.1, 0.15) is 5.56 Å². The van der Waals surface area contributed by atoms with Crippen LogP contribution in [0.15, 0.2) is 50.5 Å². The van der Waals surface area contributed by atoms with Gasteiger partial charge in [-0.25, -0.2) is 4.68 Å². The van der Waals surface area contributed by atoms with Crippen molar-refractivity contribution in [2.75, 3.05) is 0 Å². The van der Waals surface area contributed by atoms with Crippen molar-refractivity contribution in [3.8, 4) is 0 Å². The zero-order valence-corrected chi connectivity index (χ0v) is 11.9. The fourth-order valence-electron chi connectivity index (χ4n) is 1.50. The molecule has 0 amide bonds. The summed E-state index contributed by atoms with van der Waals surface area (Å²) in [6.07, 6.45) is 0. The highest BCUT2D eigenvalue weighted by Gasteiger charge is 2.06. The van der Waals surface area contributed by atoms with E-state index in [1.54, 1.807) is 0 Å². The third kappa shape index (κ3) is 3.92. The monoisotopic (exact) mass is 338 g/mol. The molecular formula is C13H11BrN2O4. The lowest BCUT2D eigenvalue weighted by atomic mass is 10.2. The van der Waals surface area contributed by atoms with E-state index in [2.05, 4.69) is 21.0 Å². The number of rotatable bonds is 4. The molecule has 0 radical (unpaired) electrons. The Balaban J connectivity index is 1.96. The van der Waals surface area contributed by atoms with Crippen molar-refractivity contribution < 1.29 is 9.53 Å². The summed E-state index contributed by atoms with van der Waals surface area (Å²) in [7, 11) is 0. The number of nitrogens with zero attached hydrogens (tertiary/aromatic N) is 1. The highest BCUT2D eigenvalue weighted by Crippen LogP contribution is 2.11. The number of ether oxygens (including phenoxy) is 1. The van der Waals surface area contributed by atoms with Gasteiger partial charge in [0.15, 0.2) is 0 Å². The molecule has 2 aromatic rings. The molecule has 20 heavy (non-hydrogen) atoms. The van der Waals surface area contributed by atoms with Crippen LogP contribution < -0.4 is 11.1 Å². The Morgan fingerprint density at radius 3 is 2.55 bits per heavy atom. The summed E-state index contributed by atoms with van der Waals surface area (Å²) >= 11 is 3.30. The molecule has 0 unspecified atom stereocenters. The van der Waals surface area contributed by atoms with E-state index in [0.29, 0.717) is 0 Å². The Morgan fingerprint density at radius 1 is 1.15 bits per heavy atom. The van der Waals surface area contributed by atoms with Crippen molar-refractivity contribution in [3.63, 3.8) is 0 Å².